The number of carbonyl (C=O) groups is 1. The number of carbonyl (C=O) groups excluding carboxylic acids is 1. The molecule has 9 heteroatoms. The largest absolute Gasteiger partial charge is 0.573 e. The van der Waals surface area contributed by atoms with Gasteiger partial charge in [-0.2, -0.15) is 5.26 Å². The van der Waals surface area contributed by atoms with Crippen molar-refractivity contribution in [2.75, 3.05) is 13.1 Å². The van der Waals surface area contributed by atoms with Crippen molar-refractivity contribution in [1.29, 1.82) is 5.26 Å². The molecule has 1 aliphatic heterocycles. The highest BCUT2D eigenvalue weighted by atomic mass is 35.5. The number of alkyl halides is 3. The lowest BCUT2D eigenvalue weighted by molar-refractivity contribution is -0.274. The molecule has 0 aliphatic carbocycles. The number of rotatable bonds is 6. The number of likely N-dealkylation sites (tertiary alicyclic amines) is 1. The molecular formula is C26H21ClF3N3O2. The first kappa shape index (κ1) is 24.6. The Kier molecular flexibility index (Phi) is 7.29. The smallest absolute Gasteiger partial charge is 0.406 e. The predicted molar refractivity (Wildman–Crippen MR) is 125 cm³/mol. The molecule has 180 valence electrons. The molecule has 1 amide bonds. The van der Waals surface area contributed by atoms with E-state index in [9.17, 15) is 18.0 Å². The fourth-order valence-electron chi connectivity index (χ4n) is 4.22. The van der Waals surface area contributed by atoms with E-state index in [-0.39, 0.29) is 23.7 Å². The summed E-state index contributed by atoms with van der Waals surface area (Å²) in [4.78, 5) is 14.8. The van der Waals surface area contributed by atoms with Gasteiger partial charge in [-0.1, -0.05) is 35.9 Å². The van der Waals surface area contributed by atoms with Gasteiger partial charge in [0.1, 0.15) is 5.75 Å². The zero-order valence-corrected chi connectivity index (χ0v) is 19.2. The van der Waals surface area contributed by atoms with Crippen LogP contribution in [0.1, 0.15) is 39.5 Å². The Labute approximate surface area is 205 Å². The normalized spacial score (nSPS) is 16.9. The third kappa shape index (κ3) is 6.32. The quantitative estimate of drug-likeness (QED) is 0.472. The zero-order valence-electron chi connectivity index (χ0n) is 18.4. The van der Waals surface area contributed by atoms with Crippen LogP contribution in [0, 0.1) is 11.3 Å². The Morgan fingerprint density at radius 3 is 2.20 bits per heavy atom. The van der Waals surface area contributed by atoms with Crippen LogP contribution in [0.3, 0.4) is 0 Å². The van der Waals surface area contributed by atoms with Crippen molar-refractivity contribution < 1.29 is 22.7 Å². The SMILES string of the molecule is N#Cc1ccc(C(=O)N[C@@H]2CCN(C(c3ccc(Cl)cc3)c3ccc(OC(F)(F)F)cc3)C2)cc1. The molecule has 0 spiro atoms. The fourth-order valence-corrected chi connectivity index (χ4v) is 4.34. The van der Waals surface area contributed by atoms with Gasteiger partial charge in [0.15, 0.2) is 0 Å². The highest BCUT2D eigenvalue weighted by molar-refractivity contribution is 6.30. The molecule has 1 aliphatic rings. The number of nitrogens with one attached hydrogen (secondary N) is 1. The van der Waals surface area contributed by atoms with E-state index in [0.29, 0.717) is 35.7 Å². The summed E-state index contributed by atoms with van der Waals surface area (Å²) in [5, 5.41) is 12.5. The highest BCUT2D eigenvalue weighted by Crippen LogP contribution is 2.34. The second kappa shape index (κ2) is 10.4. The van der Waals surface area contributed by atoms with E-state index < -0.39 is 6.36 Å². The van der Waals surface area contributed by atoms with Gasteiger partial charge in [-0.15, -0.1) is 13.2 Å². The van der Waals surface area contributed by atoms with Crippen molar-refractivity contribution in [1.82, 2.24) is 10.2 Å². The number of benzene rings is 3. The molecule has 5 nitrogen and oxygen atoms in total. The minimum Gasteiger partial charge on any atom is -0.406 e. The van der Waals surface area contributed by atoms with Crippen LogP contribution in [-0.2, 0) is 0 Å². The number of amides is 1. The predicted octanol–water partition coefficient (Wildman–Crippen LogP) is 5.70. The first-order chi connectivity index (χ1) is 16.7. The maximum Gasteiger partial charge on any atom is 0.573 e. The lowest BCUT2D eigenvalue weighted by Gasteiger charge is -2.29. The Balaban J connectivity index is 1.51. The summed E-state index contributed by atoms with van der Waals surface area (Å²) in [6, 6.07) is 21.2. The molecular weight excluding hydrogens is 479 g/mol. The minimum atomic E-state index is -4.76. The van der Waals surface area contributed by atoms with Gasteiger partial charge in [0.2, 0.25) is 0 Å². The van der Waals surface area contributed by atoms with E-state index in [4.69, 9.17) is 16.9 Å². The molecule has 0 saturated carbocycles. The van der Waals surface area contributed by atoms with Crippen molar-refractivity contribution in [2.24, 2.45) is 0 Å². The van der Waals surface area contributed by atoms with E-state index in [2.05, 4.69) is 15.0 Å². The molecule has 1 fully saturated rings. The minimum absolute atomic E-state index is 0.110. The lowest BCUT2D eigenvalue weighted by Crippen LogP contribution is -2.38. The third-order valence-corrected chi connectivity index (χ3v) is 6.06. The van der Waals surface area contributed by atoms with Crippen LogP contribution >= 0.6 is 11.6 Å². The number of nitriles is 1. The van der Waals surface area contributed by atoms with Crippen LogP contribution < -0.4 is 10.1 Å². The molecule has 1 saturated heterocycles. The summed E-state index contributed by atoms with van der Waals surface area (Å²) < 4.78 is 41.7. The number of ether oxygens (including phenoxy) is 1. The molecule has 0 aromatic heterocycles. The zero-order chi connectivity index (χ0) is 25.0. The van der Waals surface area contributed by atoms with Gasteiger partial charge in [-0.3, -0.25) is 9.69 Å². The van der Waals surface area contributed by atoms with Crippen molar-refractivity contribution in [3.8, 4) is 11.8 Å². The van der Waals surface area contributed by atoms with E-state index in [1.807, 2.05) is 18.2 Å². The lowest BCUT2D eigenvalue weighted by atomic mass is 9.97. The molecule has 2 atom stereocenters. The molecule has 1 heterocycles. The Hall–Kier alpha value is -3.54. The Morgan fingerprint density at radius 1 is 1.03 bits per heavy atom. The van der Waals surface area contributed by atoms with Crippen LogP contribution in [0.25, 0.3) is 0 Å². The van der Waals surface area contributed by atoms with Crippen molar-refractivity contribution >= 4 is 17.5 Å². The maximum atomic E-state index is 12.7. The van der Waals surface area contributed by atoms with Gasteiger partial charge >= 0.3 is 6.36 Å². The topological polar surface area (TPSA) is 65.4 Å². The summed E-state index contributed by atoms with van der Waals surface area (Å²) in [6.45, 7) is 1.22. The average Bonchev–Trinajstić information content (AvgIpc) is 3.28. The molecule has 35 heavy (non-hydrogen) atoms. The van der Waals surface area contributed by atoms with Crippen LogP contribution in [0.15, 0.2) is 72.8 Å². The van der Waals surface area contributed by atoms with E-state index in [1.165, 1.54) is 12.1 Å². The standard InChI is InChI=1S/C26H21ClF3N3O2/c27-21-9-5-18(6-10-21)24(19-7-11-23(12-8-19)35-26(28,29)30)33-14-13-22(16-33)32-25(34)20-3-1-17(15-31)2-4-20/h1-12,22,24H,13-14,16H2,(H,32,34)/t22-,24?/m1/s1. The van der Waals surface area contributed by atoms with Gasteiger partial charge in [-0.25, -0.2) is 0 Å². The number of hydrogen-bond acceptors (Lipinski definition) is 4. The highest BCUT2D eigenvalue weighted by Gasteiger charge is 2.33. The Bertz CT molecular complexity index is 1210. The van der Waals surface area contributed by atoms with Crippen molar-refractivity contribution in [3.05, 3.63) is 100 Å². The van der Waals surface area contributed by atoms with Gasteiger partial charge in [-0.05, 0) is 66.1 Å². The summed E-state index contributed by atoms with van der Waals surface area (Å²) >= 11 is 6.06. The van der Waals surface area contributed by atoms with E-state index in [0.717, 1.165) is 11.1 Å². The summed E-state index contributed by atoms with van der Waals surface area (Å²) in [6.07, 6.45) is -4.05. The second-order valence-electron chi connectivity index (χ2n) is 8.21. The first-order valence-corrected chi connectivity index (χ1v) is 11.3. The van der Waals surface area contributed by atoms with Gasteiger partial charge in [0.25, 0.3) is 5.91 Å². The molecule has 4 rings (SSSR count). The first-order valence-electron chi connectivity index (χ1n) is 10.9. The average molecular weight is 500 g/mol. The molecule has 0 bridgehead atoms. The molecule has 1 N–H and O–H groups in total. The number of halogens is 4. The third-order valence-electron chi connectivity index (χ3n) is 5.81. The van der Waals surface area contributed by atoms with Crippen LogP contribution in [0.4, 0.5) is 13.2 Å². The summed E-state index contributed by atoms with van der Waals surface area (Å²) in [5.74, 6) is -0.511. The van der Waals surface area contributed by atoms with E-state index in [1.54, 1.807) is 48.5 Å². The van der Waals surface area contributed by atoms with Crippen LogP contribution in [0.5, 0.6) is 5.75 Å². The van der Waals surface area contributed by atoms with Crippen molar-refractivity contribution in [3.63, 3.8) is 0 Å². The van der Waals surface area contributed by atoms with Gasteiger partial charge in [0, 0.05) is 29.7 Å². The monoisotopic (exact) mass is 499 g/mol. The Morgan fingerprint density at radius 2 is 1.63 bits per heavy atom. The number of nitrogens with zero attached hydrogens (tertiary/aromatic N) is 2. The molecule has 0 radical (unpaired) electrons. The molecule has 1 unspecified atom stereocenters. The molecule has 3 aromatic carbocycles. The van der Waals surface area contributed by atoms with Crippen LogP contribution in [0.2, 0.25) is 5.02 Å². The van der Waals surface area contributed by atoms with Gasteiger partial charge < -0.3 is 10.1 Å². The summed E-state index contributed by atoms with van der Waals surface area (Å²) in [7, 11) is 0. The number of hydrogen-bond donors (Lipinski definition) is 1. The van der Waals surface area contributed by atoms with Crippen molar-refractivity contribution in [2.45, 2.75) is 24.9 Å². The van der Waals surface area contributed by atoms with E-state index >= 15 is 0 Å². The maximum absolute atomic E-state index is 12.7. The fraction of sp³-hybridized carbons (Fsp3) is 0.231. The second-order valence-corrected chi connectivity index (χ2v) is 8.65. The summed E-state index contributed by atoms with van der Waals surface area (Å²) in [5.41, 5.74) is 2.67. The molecule has 3 aromatic rings. The van der Waals surface area contributed by atoms with Crippen LogP contribution in [-0.4, -0.2) is 36.3 Å². The van der Waals surface area contributed by atoms with Gasteiger partial charge in [0.05, 0.1) is 17.7 Å².